The molecule has 0 aliphatic carbocycles. The van der Waals surface area contributed by atoms with E-state index < -0.39 is 10.9 Å². The molecule has 0 atom stereocenters. The number of carboxylic acids is 1. The molecule has 1 aromatic carbocycles. The third-order valence-corrected chi connectivity index (χ3v) is 2.22. The molecule has 98 valence electrons. The fourth-order valence-electron chi connectivity index (χ4n) is 1.33. The molecule has 7 heteroatoms. The molecule has 0 bridgehead atoms. The monoisotopic (exact) mass is 255 g/mol. The lowest BCUT2D eigenvalue weighted by Gasteiger charge is -2.07. The van der Waals surface area contributed by atoms with Gasteiger partial charge in [-0.15, -0.1) is 0 Å². The maximum atomic E-state index is 11.0. The first-order chi connectivity index (χ1) is 8.56. The standard InChI is InChI=1S/C11H13NO6/c1-17-4-5-18-7-8-2-3-9(12(15)16)6-10(8)11(13)14/h2-3,6H,4-5,7H2,1H3,(H,13,14). The Kier molecular flexibility index (Phi) is 5.22. The van der Waals surface area contributed by atoms with Gasteiger partial charge < -0.3 is 14.6 Å². The summed E-state index contributed by atoms with van der Waals surface area (Å²) < 4.78 is 9.97. The predicted octanol–water partition coefficient (Wildman–Crippen LogP) is 1.46. The van der Waals surface area contributed by atoms with Crippen molar-refractivity contribution in [3.63, 3.8) is 0 Å². The molecule has 1 rings (SSSR count). The summed E-state index contributed by atoms with van der Waals surface area (Å²) in [5.74, 6) is -1.22. The third-order valence-electron chi connectivity index (χ3n) is 2.22. The summed E-state index contributed by atoms with van der Waals surface area (Å²) in [6.07, 6.45) is 0. The zero-order valence-corrected chi connectivity index (χ0v) is 9.79. The first-order valence-corrected chi connectivity index (χ1v) is 5.13. The van der Waals surface area contributed by atoms with Gasteiger partial charge >= 0.3 is 5.97 Å². The van der Waals surface area contributed by atoms with Crippen LogP contribution in [-0.2, 0) is 16.1 Å². The maximum absolute atomic E-state index is 11.0. The molecule has 18 heavy (non-hydrogen) atoms. The van der Waals surface area contributed by atoms with Crippen LogP contribution in [0, 0.1) is 10.1 Å². The summed E-state index contributed by atoms with van der Waals surface area (Å²) in [4.78, 5) is 20.9. The lowest BCUT2D eigenvalue weighted by Crippen LogP contribution is -2.07. The minimum absolute atomic E-state index is 0.0724. The van der Waals surface area contributed by atoms with E-state index in [0.717, 1.165) is 6.07 Å². The molecular weight excluding hydrogens is 242 g/mol. The van der Waals surface area contributed by atoms with Gasteiger partial charge in [0.25, 0.3) is 5.69 Å². The fourth-order valence-corrected chi connectivity index (χ4v) is 1.33. The van der Waals surface area contributed by atoms with Crippen molar-refractivity contribution >= 4 is 11.7 Å². The Morgan fingerprint density at radius 3 is 2.72 bits per heavy atom. The van der Waals surface area contributed by atoms with Crippen LogP contribution in [-0.4, -0.2) is 36.3 Å². The van der Waals surface area contributed by atoms with Crippen molar-refractivity contribution in [1.82, 2.24) is 0 Å². The number of nitro benzene ring substituents is 1. The van der Waals surface area contributed by atoms with Gasteiger partial charge in [-0.2, -0.15) is 0 Å². The molecule has 0 aromatic heterocycles. The average molecular weight is 255 g/mol. The van der Waals surface area contributed by atoms with Crippen molar-refractivity contribution < 1.29 is 24.3 Å². The zero-order chi connectivity index (χ0) is 13.5. The number of hydrogen-bond donors (Lipinski definition) is 1. The predicted molar refractivity (Wildman–Crippen MR) is 61.6 cm³/mol. The molecule has 7 nitrogen and oxygen atoms in total. The minimum atomic E-state index is -1.22. The number of carboxylic acid groups (broad SMARTS) is 1. The summed E-state index contributed by atoms with van der Waals surface area (Å²) >= 11 is 0. The number of non-ortho nitro benzene ring substituents is 1. The first-order valence-electron chi connectivity index (χ1n) is 5.13. The number of methoxy groups -OCH3 is 1. The number of hydrogen-bond acceptors (Lipinski definition) is 5. The second-order valence-electron chi connectivity index (χ2n) is 3.45. The number of carbonyl (C=O) groups is 1. The molecule has 1 N–H and O–H groups in total. The molecule has 1 aromatic rings. The van der Waals surface area contributed by atoms with Gasteiger partial charge in [-0.25, -0.2) is 4.79 Å². The molecule has 0 unspecified atom stereocenters. The Labute approximate surface area is 103 Å². The molecule has 0 aliphatic rings. The zero-order valence-electron chi connectivity index (χ0n) is 9.79. The topological polar surface area (TPSA) is 98.9 Å². The van der Waals surface area contributed by atoms with Crippen molar-refractivity contribution in [3.05, 3.63) is 39.4 Å². The molecule has 0 saturated carbocycles. The SMILES string of the molecule is COCCOCc1ccc([N+](=O)[O-])cc1C(=O)O. The van der Waals surface area contributed by atoms with Crippen LogP contribution in [0.25, 0.3) is 0 Å². The highest BCUT2D eigenvalue weighted by molar-refractivity contribution is 5.90. The van der Waals surface area contributed by atoms with E-state index >= 15 is 0 Å². The molecule has 0 fully saturated rings. The highest BCUT2D eigenvalue weighted by Gasteiger charge is 2.15. The van der Waals surface area contributed by atoms with E-state index in [0.29, 0.717) is 18.8 Å². The minimum Gasteiger partial charge on any atom is -0.478 e. The van der Waals surface area contributed by atoms with Gasteiger partial charge in [0.2, 0.25) is 0 Å². The van der Waals surface area contributed by atoms with Crippen LogP contribution in [0.3, 0.4) is 0 Å². The van der Waals surface area contributed by atoms with Gasteiger partial charge in [0.05, 0.1) is 30.3 Å². The van der Waals surface area contributed by atoms with E-state index in [4.69, 9.17) is 14.6 Å². The third kappa shape index (κ3) is 3.79. The highest BCUT2D eigenvalue weighted by Crippen LogP contribution is 2.18. The number of aromatic carboxylic acids is 1. The number of rotatable bonds is 7. The average Bonchev–Trinajstić information content (AvgIpc) is 2.34. The summed E-state index contributed by atoms with van der Waals surface area (Å²) in [6, 6.07) is 3.66. The van der Waals surface area contributed by atoms with Gasteiger partial charge in [0.1, 0.15) is 0 Å². The van der Waals surface area contributed by atoms with Crippen molar-refractivity contribution in [2.75, 3.05) is 20.3 Å². The molecule has 0 aliphatic heterocycles. The fraction of sp³-hybridized carbons (Fsp3) is 0.364. The second kappa shape index (κ2) is 6.67. The largest absolute Gasteiger partial charge is 0.478 e. The molecule has 0 saturated heterocycles. The van der Waals surface area contributed by atoms with Gasteiger partial charge in [0.15, 0.2) is 0 Å². The van der Waals surface area contributed by atoms with Gasteiger partial charge in [-0.05, 0) is 11.6 Å². The molecule has 0 amide bonds. The summed E-state index contributed by atoms with van der Waals surface area (Å²) in [7, 11) is 1.53. The van der Waals surface area contributed by atoms with E-state index in [1.54, 1.807) is 0 Å². The second-order valence-corrected chi connectivity index (χ2v) is 3.45. The summed E-state index contributed by atoms with van der Waals surface area (Å²) in [5, 5.41) is 19.5. The van der Waals surface area contributed by atoms with Crippen molar-refractivity contribution in [2.45, 2.75) is 6.61 Å². The van der Waals surface area contributed by atoms with E-state index in [9.17, 15) is 14.9 Å². The highest BCUT2D eigenvalue weighted by atomic mass is 16.6. The molecule has 0 radical (unpaired) electrons. The normalized spacial score (nSPS) is 10.3. The van der Waals surface area contributed by atoms with Crippen LogP contribution in [0.2, 0.25) is 0 Å². The lowest BCUT2D eigenvalue weighted by atomic mass is 10.1. The van der Waals surface area contributed by atoms with Gasteiger partial charge in [0, 0.05) is 19.2 Å². The van der Waals surface area contributed by atoms with Gasteiger partial charge in [-0.1, -0.05) is 0 Å². The van der Waals surface area contributed by atoms with Crippen LogP contribution in [0.4, 0.5) is 5.69 Å². The van der Waals surface area contributed by atoms with Gasteiger partial charge in [-0.3, -0.25) is 10.1 Å². The van der Waals surface area contributed by atoms with E-state index in [2.05, 4.69) is 0 Å². The quantitative estimate of drug-likeness (QED) is 0.450. The van der Waals surface area contributed by atoms with Crippen LogP contribution in [0.1, 0.15) is 15.9 Å². The summed E-state index contributed by atoms with van der Waals surface area (Å²) in [6.45, 7) is 0.797. The van der Waals surface area contributed by atoms with E-state index in [1.807, 2.05) is 0 Å². The van der Waals surface area contributed by atoms with Crippen molar-refractivity contribution in [2.24, 2.45) is 0 Å². The van der Waals surface area contributed by atoms with Crippen molar-refractivity contribution in [3.8, 4) is 0 Å². The Bertz CT molecular complexity index is 445. The maximum Gasteiger partial charge on any atom is 0.336 e. The van der Waals surface area contributed by atoms with Crippen LogP contribution in [0.15, 0.2) is 18.2 Å². The van der Waals surface area contributed by atoms with Crippen LogP contribution in [0.5, 0.6) is 0 Å². The number of benzene rings is 1. The number of nitrogens with zero attached hydrogens (tertiary/aromatic N) is 1. The van der Waals surface area contributed by atoms with Crippen LogP contribution < -0.4 is 0 Å². The molecule has 0 heterocycles. The van der Waals surface area contributed by atoms with Crippen LogP contribution >= 0.6 is 0 Å². The Morgan fingerprint density at radius 2 is 2.17 bits per heavy atom. The van der Waals surface area contributed by atoms with E-state index in [1.165, 1.54) is 19.2 Å². The Morgan fingerprint density at radius 1 is 1.44 bits per heavy atom. The van der Waals surface area contributed by atoms with E-state index in [-0.39, 0.29) is 17.9 Å². The number of nitro groups is 1. The first kappa shape index (κ1) is 14.1. The summed E-state index contributed by atoms with van der Waals surface area (Å²) in [5.41, 5.74) is 0.0128. The van der Waals surface area contributed by atoms with Crippen molar-refractivity contribution in [1.29, 1.82) is 0 Å². The Hall–Kier alpha value is -1.99. The molecular formula is C11H13NO6. The number of ether oxygens (including phenoxy) is 2. The molecule has 0 spiro atoms. The smallest absolute Gasteiger partial charge is 0.336 e. The Balaban J connectivity index is 2.83. The lowest BCUT2D eigenvalue weighted by molar-refractivity contribution is -0.384.